The first kappa shape index (κ1) is 16.6. The van der Waals surface area contributed by atoms with Crippen LogP contribution in [0.3, 0.4) is 0 Å². The summed E-state index contributed by atoms with van der Waals surface area (Å²) in [6, 6.07) is 4.37. The van der Waals surface area contributed by atoms with Gasteiger partial charge in [-0.2, -0.15) is 5.10 Å². The highest BCUT2D eigenvalue weighted by molar-refractivity contribution is 5.45. The van der Waals surface area contributed by atoms with Crippen molar-refractivity contribution in [3.63, 3.8) is 0 Å². The highest BCUT2D eigenvalue weighted by atomic mass is 16.3. The fourth-order valence-electron chi connectivity index (χ4n) is 4.32. The number of hydrogen-bond donors (Lipinski definition) is 2. The lowest BCUT2D eigenvalue weighted by atomic mass is 9.76. The summed E-state index contributed by atoms with van der Waals surface area (Å²) in [5.74, 6) is 3.03. The van der Waals surface area contributed by atoms with Crippen LogP contribution in [0.1, 0.15) is 57.2 Å². The molecule has 134 valence electrons. The fraction of sp³-hybridized carbons (Fsp3) is 0.600. The second kappa shape index (κ2) is 8.00. The van der Waals surface area contributed by atoms with E-state index in [-0.39, 0.29) is 0 Å². The van der Waals surface area contributed by atoms with Gasteiger partial charge in [0.2, 0.25) is 5.82 Å². The zero-order valence-electron chi connectivity index (χ0n) is 14.8. The molecular weight excluding hydrogens is 312 g/mol. The number of nitrogens with one attached hydrogen (secondary N) is 2. The smallest absolute Gasteiger partial charge is 0.216 e. The van der Waals surface area contributed by atoms with E-state index >= 15 is 0 Å². The lowest BCUT2D eigenvalue weighted by Gasteiger charge is -2.35. The number of allylic oxidation sites excluding steroid dienone is 1. The predicted octanol–water partition coefficient (Wildman–Crippen LogP) is 4.26. The molecule has 0 amide bonds. The van der Waals surface area contributed by atoms with Crippen molar-refractivity contribution < 1.29 is 4.42 Å². The maximum absolute atomic E-state index is 5.35. The summed E-state index contributed by atoms with van der Waals surface area (Å²) in [5, 5.41) is 11.1. The molecule has 0 saturated heterocycles. The Balaban J connectivity index is 1.31. The van der Waals surface area contributed by atoms with Gasteiger partial charge in [-0.1, -0.05) is 24.5 Å². The van der Waals surface area contributed by atoms with E-state index in [9.17, 15) is 0 Å². The van der Waals surface area contributed by atoms with Gasteiger partial charge in [0.05, 0.1) is 6.26 Å². The van der Waals surface area contributed by atoms with Crippen LogP contribution in [-0.4, -0.2) is 27.8 Å². The minimum atomic E-state index is 0.630. The second-order valence-corrected chi connectivity index (χ2v) is 7.31. The number of hydrogen-bond acceptors (Lipinski definition) is 4. The summed E-state index contributed by atoms with van der Waals surface area (Å²) in [6.45, 7) is 0.946. The van der Waals surface area contributed by atoms with Crippen LogP contribution in [0, 0.1) is 5.92 Å². The number of H-pyrrole nitrogens is 1. The van der Waals surface area contributed by atoms with Crippen LogP contribution in [0.15, 0.2) is 34.5 Å². The molecule has 1 fully saturated rings. The highest BCUT2D eigenvalue weighted by Gasteiger charge is 2.28. The van der Waals surface area contributed by atoms with Gasteiger partial charge in [0, 0.05) is 19.0 Å². The molecule has 0 spiro atoms. The van der Waals surface area contributed by atoms with E-state index in [1.54, 1.807) is 11.8 Å². The fourth-order valence-corrected chi connectivity index (χ4v) is 4.32. The largest absolute Gasteiger partial charge is 0.461 e. The molecule has 2 aliphatic rings. The average Bonchev–Trinajstić information content (AvgIpc) is 3.35. The molecular formula is C20H28N4O. The molecule has 5 nitrogen and oxygen atoms in total. The Bertz CT molecular complexity index is 688. The molecule has 2 atom stereocenters. The SMILES string of the molecule is C1=C([C@H]2CCCC[C@H]2NCCc2nc(-c3ccco3)n[nH]2)CCCC1. The van der Waals surface area contributed by atoms with Crippen molar-refractivity contribution in [3.05, 3.63) is 35.9 Å². The summed E-state index contributed by atoms with van der Waals surface area (Å²) in [4.78, 5) is 4.53. The maximum atomic E-state index is 5.35. The Morgan fingerprint density at radius 3 is 3.00 bits per heavy atom. The third-order valence-electron chi connectivity index (χ3n) is 5.61. The number of aromatic amines is 1. The lowest BCUT2D eigenvalue weighted by molar-refractivity contribution is 0.288. The normalized spacial score (nSPS) is 24.2. The molecule has 4 rings (SSSR count). The van der Waals surface area contributed by atoms with Gasteiger partial charge in [-0.15, -0.1) is 0 Å². The summed E-state index contributed by atoms with van der Waals surface area (Å²) in [7, 11) is 0. The van der Waals surface area contributed by atoms with Gasteiger partial charge in [-0.05, 0) is 56.6 Å². The first-order chi connectivity index (χ1) is 12.4. The Labute approximate surface area is 149 Å². The van der Waals surface area contributed by atoms with E-state index in [4.69, 9.17) is 4.42 Å². The first-order valence-electron chi connectivity index (χ1n) is 9.77. The van der Waals surface area contributed by atoms with E-state index in [2.05, 4.69) is 26.6 Å². The van der Waals surface area contributed by atoms with Crippen molar-refractivity contribution >= 4 is 0 Å². The minimum absolute atomic E-state index is 0.630. The van der Waals surface area contributed by atoms with Crippen LogP contribution in [-0.2, 0) is 6.42 Å². The molecule has 2 aliphatic carbocycles. The standard InChI is InChI=1S/C20H28N4O/c1-2-7-15(8-3-1)16-9-4-5-10-17(16)21-13-12-19-22-20(24-23-19)18-11-6-14-25-18/h6-7,11,14,16-17,21H,1-5,8-10,12-13H2,(H,22,23,24)/t16-,17-/m1/s1. The average molecular weight is 340 g/mol. The van der Waals surface area contributed by atoms with Crippen molar-refractivity contribution in [2.24, 2.45) is 5.92 Å². The number of aromatic nitrogens is 3. The number of rotatable bonds is 6. The quantitative estimate of drug-likeness (QED) is 0.771. The van der Waals surface area contributed by atoms with Gasteiger partial charge >= 0.3 is 0 Å². The van der Waals surface area contributed by atoms with E-state index in [0.29, 0.717) is 17.6 Å². The predicted molar refractivity (Wildman–Crippen MR) is 98.1 cm³/mol. The molecule has 5 heteroatoms. The van der Waals surface area contributed by atoms with Gasteiger partial charge in [0.15, 0.2) is 5.76 Å². The van der Waals surface area contributed by atoms with Gasteiger partial charge in [-0.25, -0.2) is 4.98 Å². The minimum Gasteiger partial charge on any atom is -0.461 e. The molecule has 2 N–H and O–H groups in total. The van der Waals surface area contributed by atoms with Crippen LogP contribution in [0.4, 0.5) is 0 Å². The highest BCUT2D eigenvalue weighted by Crippen LogP contribution is 2.35. The molecule has 0 aliphatic heterocycles. The lowest BCUT2D eigenvalue weighted by Crippen LogP contribution is -2.40. The van der Waals surface area contributed by atoms with Gasteiger partial charge < -0.3 is 9.73 Å². The zero-order valence-corrected chi connectivity index (χ0v) is 14.8. The Morgan fingerprint density at radius 2 is 2.16 bits per heavy atom. The van der Waals surface area contributed by atoms with Crippen molar-refractivity contribution in [1.82, 2.24) is 20.5 Å². The maximum Gasteiger partial charge on any atom is 0.216 e. The van der Waals surface area contributed by atoms with Gasteiger partial charge in [-0.3, -0.25) is 5.10 Å². The molecule has 2 heterocycles. The monoisotopic (exact) mass is 340 g/mol. The third kappa shape index (κ3) is 4.03. The molecule has 0 aromatic carbocycles. The second-order valence-electron chi connectivity index (χ2n) is 7.31. The molecule has 2 aromatic rings. The van der Waals surface area contributed by atoms with Crippen molar-refractivity contribution in [1.29, 1.82) is 0 Å². The van der Waals surface area contributed by atoms with Crippen molar-refractivity contribution in [3.8, 4) is 11.6 Å². The van der Waals surface area contributed by atoms with Crippen LogP contribution in [0.25, 0.3) is 11.6 Å². The van der Waals surface area contributed by atoms with E-state index in [1.807, 2.05) is 12.1 Å². The zero-order chi connectivity index (χ0) is 16.9. The summed E-state index contributed by atoms with van der Waals surface area (Å²) >= 11 is 0. The van der Waals surface area contributed by atoms with E-state index in [1.165, 1.54) is 51.4 Å². The van der Waals surface area contributed by atoms with Gasteiger partial charge in [0.1, 0.15) is 5.82 Å². The van der Waals surface area contributed by atoms with E-state index < -0.39 is 0 Å². The number of furan rings is 1. The van der Waals surface area contributed by atoms with E-state index in [0.717, 1.165) is 24.7 Å². The third-order valence-corrected chi connectivity index (χ3v) is 5.61. The first-order valence-corrected chi connectivity index (χ1v) is 9.77. The van der Waals surface area contributed by atoms with Gasteiger partial charge in [0.25, 0.3) is 0 Å². The summed E-state index contributed by atoms with van der Waals surface area (Å²) in [5.41, 5.74) is 1.73. The summed E-state index contributed by atoms with van der Waals surface area (Å²) < 4.78 is 5.35. The van der Waals surface area contributed by atoms with Crippen LogP contribution in [0.2, 0.25) is 0 Å². The molecule has 0 bridgehead atoms. The summed E-state index contributed by atoms with van der Waals surface area (Å²) in [6.07, 6.45) is 15.8. The Hall–Kier alpha value is -1.88. The topological polar surface area (TPSA) is 66.7 Å². The Morgan fingerprint density at radius 1 is 1.20 bits per heavy atom. The molecule has 0 radical (unpaired) electrons. The van der Waals surface area contributed by atoms with Crippen LogP contribution in [0.5, 0.6) is 0 Å². The molecule has 0 unspecified atom stereocenters. The number of nitrogens with zero attached hydrogens (tertiary/aromatic N) is 2. The molecule has 2 aromatic heterocycles. The van der Waals surface area contributed by atoms with Crippen molar-refractivity contribution in [2.45, 2.75) is 63.8 Å². The van der Waals surface area contributed by atoms with Crippen LogP contribution >= 0.6 is 0 Å². The van der Waals surface area contributed by atoms with Crippen molar-refractivity contribution in [2.75, 3.05) is 6.54 Å². The molecule has 25 heavy (non-hydrogen) atoms. The Kier molecular flexibility index (Phi) is 5.31. The molecule has 1 saturated carbocycles. The van der Waals surface area contributed by atoms with Crippen LogP contribution < -0.4 is 5.32 Å².